The zero-order valence-corrected chi connectivity index (χ0v) is 5.11. The summed E-state index contributed by atoms with van der Waals surface area (Å²) in [7, 11) is 0. The summed E-state index contributed by atoms with van der Waals surface area (Å²) < 4.78 is 0. The summed E-state index contributed by atoms with van der Waals surface area (Å²) in [5, 5.41) is 6.58. The molecule has 5 heavy (non-hydrogen) atoms. The van der Waals surface area contributed by atoms with Crippen LogP contribution in [0.5, 0.6) is 0 Å². The van der Waals surface area contributed by atoms with Gasteiger partial charge in [0.25, 0.3) is 0 Å². The van der Waals surface area contributed by atoms with Crippen LogP contribution < -0.4 is 0 Å². The first-order chi connectivity index (χ1) is 2.00. The Labute approximate surface area is 40.7 Å². The summed E-state index contributed by atoms with van der Waals surface area (Å²) in [6.45, 7) is 1.50. The van der Waals surface area contributed by atoms with Crippen molar-refractivity contribution in [3.63, 3.8) is 0 Å². The predicted octanol–water partition coefficient (Wildman–Crippen LogP) is 2.70. The molecule has 0 saturated carbocycles. The van der Waals surface area contributed by atoms with Crippen LogP contribution in [0.3, 0.4) is 0 Å². The normalized spacial score (nSPS) is 11.8. The van der Waals surface area contributed by atoms with Gasteiger partial charge in [-0.05, 0) is 6.66 Å². The van der Waals surface area contributed by atoms with E-state index in [1.54, 1.807) is 0 Å². The van der Waals surface area contributed by atoms with Crippen molar-refractivity contribution in [2.45, 2.75) is 0 Å². The third-order valence-corrected chi connectivity index (χ3v) is 0. The molecule has 0 unspecified atom stereocenters. The van der Waals surface area contributed by atoms with E-state index in [0.717, 1.165) is 0 Å². The van der Waals surface area contributed by atoms with Gasteiger partial charge >= 0.3 is 0 Å². The lowest BCUT2D eigenvalue weighted by molar-refractivity contribution is 1.63. The van der Waals surface area contributed by atoms with Crippen molar-refractivity contribution in [3.8, 4) is 0 Å². The molecule has 0 fully saturated rings. The highest BCUT2D eigenvalue weighted by Crippen LogP contribution is 2.52. The molecule has 0 aromatic carbocycles. The Bertz CT molecular complexity index is 55.8. The van der Waals surface area contributed by atoms with Gasteiger partial charge in [-0.1, -0.05) is 22.5 Å². The van der Waals surface area contributed by atoms with E-state index >= 15 is 0 Å². The molecule has 0 aliphatic rings. The van der Waals surface area contributed by atoms with Crippen LogP contribution in [-0.2, 0) is 0 Å². The number of halogens is 2. The number of hydrogen-bond donors (Lipinski definition) is 1. The second-order valence-electron chi connectivity index (χ2n) is 0.795. The van der Waals surface area contributed by atoms with E-state index < -0.39 is 5.76 Å². The lowest BCUT2D eigenvalue weighted by Crippen LogP contribution is -1.34. The highest BCUT2D eigenvalue weighted by atomic mass is 35.9. The van der Waals surface area contributed by atoms with Gasteiger partial charge in [0.05, 0.1) is 0 Å². The van der Waals surface area contributed by atoms with Crippen LogP contribution in [-0.4, -0.2) is 6.66 Å². The average molecular weight is 132 g/mol. The highest BCUT2D eigenvalue weighted by molar-refractivity contribution is 8.08. The Morgan fingerprint density at radius 2 is 1.60 bits per heavy atom. The van der Waals surface area contributed by atoms with Gasteiger partial charge < -0.3 is 0 Å². The van der Waals surface area contributed by atoms with E-state index in [4.69, 9.17) is 27.6 Å². The fourth-order valence-corrected chi connectivity index (χ4v) is 0. The number of nitrogens with one attached hydrogen (secondary N) is 1. The van der Waals surface area contributed by atoms with Crippen molar-refractivity contribution in [1.29, 1.82) is 5.16 Å². The molecule has 0 bridgehead atoms. The summed E-state index contributed by atoms with van der Waals surface area (Å²) in [5.74, 6) is -2.19. The van der Waals surface area contributed by atoms with Crippen molar-refractivity contribution >= 4 is 28.2 Å². The second kappa shape index (κ2) is 1.51. The molecule has 1 nitrogen and oxygen atoms in total. The number of hydrogen-bond acceptors (Lipinski definition) is 1. The summed E-state index contributed by atoms with van der Waals surface area (Å²) >= 11 is 10.1. The maximum absolute atomic E-state index is 6.58. The molecule has 0 aliphatic heterocycles. The van der Waals surface area contributed by atoms with Gasteiger partial charge in [-0.3, -0.25) is 5.16 Å². The average Bonchev–Trinajstić information content (AvgIpc) is 0.722. The van der Waals surface area contributed by atoms with Crippen molar-refractivity contribution < 1.29 is 0 Å². The van der Waals surface area contributed by atoms with Gasteiger partial charge in [-0.2, -0.15) is 0 Å². The summed E-state index contributed by atoms with van der Waals surface area (Å²) in [6, 6.07) is 0. The van der Waals surface area contributed by atoms with Gasteiger partial charge in [-0.25, -0.2) is 0 Å². The lowest BCUT2D eigenvalue weighted by atomic mass is 12.0. The lowest BCUT2D eigenvalue weighted by Gasteiger charge is -1.85. The fraction of sp³-hybridized carbons (Fsp3) is 1.00. The molecule has 32 valence electrons. The Hall–Kier alpha value is 0.810. The Morgan fingerprint density at radius 3 is 1.60 bits per heavy atom. The Balaban J connectivity index is 3.47. The van der Waals surface area contributed by atoms with Crippen LogP contribution in [0.4, 0.5) is 0 Å². The minimum Gasteiger partial charge on any atom is -0.290 e. The van der Waals surface area contributed by atoms with E-state index in [-0.39, 0.29) is 0 Å². The van der Waals surface area contributed by atoms with Crippen molar-refractivity contribution in [2.75, 3.05) is 6.66 Å². The van der Waals surface area contributed by atoms with Gasteiger partial charge in [0.15, 0.2) is 0 Å². The molecule has 0 aromatic rings. The third kappa shape index (κ3) is 57.9. The Morgan fingerprint density at radius 1 is 1.60 bits per heavy atom. The minimum absolute atomic E-state index is 1.50. The summed E-state index contributed by atoms with van der Waals surface area (Å²) in [4.78, 5) is 0. The maximum Gasteiger partial charge on any atom is 0.131 e. The molecule has 0 atom stereocenters. The molecule has 1 N–H and O–H groups in total. The van der Waals surface area contributed by atoms with E-state index in [1.165, 1.54) is 6.66 Å². The first-order valence-corrected chi connectivity index (χ1v) is 5.06. The first-order valence-electron chi connectivity index (χ1n) is 1.01. The quantitative estimate of drug-likeness (QED) is 0.490. The van der Waals surface area contributed by atoms with Crippen LogP contribution in [0.2, 0.25) is 0 Å². The summed E-state index contributed by atoms with van der Waals surface area (Å²) in [6.07, 6.45) is 0. The minimum atomic E-state index is -2.19. The predicted molar refractivity (Wildman–Crippen MR) is 27.3 cm³/mol. The molecular formula is CH4Cl2NP. The molecule has 4 heteroatoms. The molecule has 0 heterocycles. The SMILES string of the molecule is CP(=N)(Cl)Cl. The zero-order valence-electron chi connectivity index (χ0n) is 2.70. The molecule has 0 aromatic heterocycles. The molecule has 0 aliphatic carbocycles. The topological polar surface area (TPSA) is 23.9 Å². The van der Waals surface area contributed by atoms with Gasteiger partial charge in [0.1, 0.15) is 5.76 Å². The monoisotopic (exact) mass is 131 g/mol. The van der Waals surface area contributed by atoms with Crippen LogP contribution in [0, 0.1) is 5.16 Å². The van der Waals surface area contributed by atoms with Crippen molar-refractivity contribution in [2.24, 2.45) is 0 Å². The van der Waals surface area contributed by atoms with Crippen LogP contribution in [0.15, 0.2) is 0 Å². The van der Waals surface area contributed by atoms with Crippen molar-refractivity contribution in [3.05, 3.63) is 0 Å². The molecule has 0 amide bonds. The van der Waals surface area contributed by atoms with E-state index in [9.17, 15) is 0 Å². The van der Waals surface area contributed by atoms with Gasteiger partial charge in [0.2, 0.25) is 0 Å². The van der Waals surface area contributed by atoms with Crippen LogP contribution in [0.1, 0.15) is 0 Å². The molecule has 0 radical (unpaired) electrons. The van der Waals surface area contributed by atoms with E-state index in [1.807, 2.05) is 0 Å². The van der Waals surface area contributed by atoms with Crippen molar-refractivity contribution in [1.82, 2.24) is 0 Å². The second-order valence-corrected chi connectivity index (χ2v) is 6.96. The Kier molecular flexibility index (Phi) is 1.75. The highest BCUT2D eigenvalue weighted by Gasteiger charge is 1.90. The smallest absolute Gasteiger partial charge is 0.131 e. The largest absolute Gasteiger partial charge is 0.290 e. The molecule has 0 saturated heterocycles. The number of rotatable bonds is 0. The molecule has 0 spiro atoms. The van der Waals surface area contributed by atoms with E-state index in [0.29, 0.717) is 0 Å². The summed E-state index contributed by atoms with van der Waals surface area (Å²) in [5.41, 5.74) is 0. The molecular weight excluding hydrogens is 128 g/mol. The first kappa shape index (κ1) is 5.81. The third-order valence-electron chi connectivity index (χ3n) is 0. The zero-order chi connectivity index (χ0) is 4.50. The fourth-order valence-electron chi connectivity index (χ4n) is 0. The van der Waals surface area contributed by atoms with Gasteiger partial charge in [0, 0.05) is 0 Å². The van der Waals surface area contributed by atoms with E-state index in [2.05, 4.69) is 0 Å². The molecule has 0 rings (SSSR count). The van der Waals surface area contributed by atoms with Crippen LogP contribution in [0.25, 0.3) is 0 Å². The van der Waals surface area contributed by atoms with Crippen LogP contribution >= 0.6 is 28.2 Å². The maximum atomic E-state index is 6.58. The standard InChI is InChI=1S/CH4Cl2NP/c1-5(2,3)4/h4H,1H3. The van der Waals surface area contributed by atoms with Gasteiger partial charge in [-0.15, -0.1) is 0 Å².